The fourth-order valence-corrected chi connectivity index (χ4v) is 4.08. The number of hydrogen-bond acceptors (Lipinski definition) is 2. The summed E-state index contributed by atoms with van der Waals surface area (Å²) in [5, 5.41) is 0. The molecule has 0 amide bonds. The van der Waals surface area contributed by atoms with Crippen molar-refractivity contribution >= 4 is 0 Å². The summed E-state index contributed by atoms with van der Waals surface area (Å²) in [5.74, 6) is 1.33. The fourth-order valence-electron chi connectivity index (χ4n) is 4.08. The Morgan fingerprint density at radius 1 is 1.21 bits per heavy atom. The average molecular weight is 258 g/mol. The van der Waals surface area contributed by atoms with Crippen molar-refractivity contribution in [1.82, 2.24) is 4.98 Å². The molecule has 3 rings (SSSR count). The van der Waals surface area contributed by atoms with E-state index in [2.05, 4.69) is 19.1 Å². The fraction of sp³-hybridized carbons (Fsp3) is 0.706. The highest BCUT2D eigenvalue weighted by atomic mass is 14.8. The lowest BCUT2D eigenvalue weighted by molar-refractivity contribution is 0.271. The maximum Gasteiger partial charge on any atom is 0.0484 e. The smallest absolute Gasteiger partial charge is 0.0484 e. The van der Waals surface area contributed by atoms with Gasteiger partial charge in [0, 0.05) is 23.3 Å². The molecule has 1 fully saturated rings. The molecule has 2 aliphatic rings. The Labute approximate surface area is 116 Å². The molecule has 1 saturated carbocycles. The minimum atomic E-state index is -0.00567. The van der Waals surface area contributed by atoms with Gasteiger partial charge in [-0.3, -0.25) is 4.98 Å². The maximum atomic E-state index is 6.87. The summed E-state index contributed by atoms with van der Waals surface area (Å²) in [6, 6.07) is 4.32. The molecular weight excluding hydrogens is 232 g/mol. The highest BCUT2D eigenvalue weighted by Crippen LogP contribution is 2.43. The van der Waals surface area contributed by atoms with Gasteiger partial charge in [-0.15, -0.1) is 0 Å². The summed E-state index contributed by atoms with van der Waals surface area (Å²) >= 11 is 0. The molecule has 0 aromatic carbocycles. The SMILES string of the molecule is CC1CCCC(N)(C2CCCc3cccnc32)CC1. The number of rotatable bonds is 1. The average Bonchev–Trinajstić information content (AvgIpc) is 2.61. The third-order valence-corrected chi connectivity index (χ3v) is 5.33. The van der Waals surface area contributed by atoms with Crippen LogP contribution in [0.2, 0.25) is 0 Å². The van der Waals surface area contributed by atoms with E-state index >= 15 is 0 Å². The molecule has 0 radical (unpaired) electrons. The van der Waals surface area contributed by atoms with Gasteiger partial charge in [0.05, 0.1) is 0 Å². The number of fused-ring (bicyclic) bond motifs is 1. The predicted octanol–water partition coefficient (Wildman–Crippen LogP) is 3.80. The van der Waals surface area contributed by atoms with Gasteiger partial charge in [-0.25, -0.2) is 0 Å². The van der Waals surface area contributed by atoms with Gasteiger partial charge in [0.25, 0.3) is 0 Å². The van der Waals surface area contributed by atoms with Crippen LogP contribution in [-0.4, -0.2) is 10.5 Å². The molecule has 104 valence electrons. The molecule has 2 N–H and O–H groups in total. The molecular formula is C17H26N2. The Bertz CT molecular complexity index is 443. The van der Waals surface area contributed by atoms with Crippen molar-refractivity contribution in [3.05, 3.63) is 29.6 Å². The molecule has 2 nitrogen and oxygen atoms in total. The minimum absolute atomic E-state index is 0.00567. The van der Waals surface area contributed by atoms with E-state index in [0.29, 0.717) is 5.92 Å². The predicted molar refractivity (Wildman–Crippen MR) is 79.1 cm³/mol. The first-order chi connectivity index (χ1) is 9.19. The number of aryl methyl sites for hydroxylation is 1. The van der Waals surface area contributed by atoms with Crippen molar-refractivity contribution in [3.63, 3.8) is 0 Å². The van der Waals surface area contributed by atoms with Gasteiger partial charge in [-0.05, 0) is 56.1 Å². The normalized spacial score (nSPS) is 35.5. The van der Waals surface area contributed by atoms with Crippen LogP contribution in [0, 0.1) is 5.92 Å². The van der Waals surface area contributed by atoms with Crippen LogP contribution in [0.25, 0.3) is 0 Å². The maximum absolute atomic E-state index is 6.87. The zero-order valence-corrected chi connectivity index (χ0v) is 12.1. The molecule has 3 unspecified atom stereocenters. The Balaban J connectivity index is 1.89. The van der Waals surface area contributed by atoms with Crippen LogP contribution in [0.15, 0.2) is 18.3 Å². The molecule has 0 aliphatic heterocycles. The lowest BCUT2D eigenvalue weighted by Crippen LogP contribution is -2.46. The van der Waals surface area contributed by atoms with Crippen molar-refractivity contribution < 1.29 is 0 Å². The third kappa shape index (κ3) is 2.55. The van der Waals surface area contributed by atoms with Gasteiger partial charge in [0.15, 0.2) is 0 Å². The number of nitrogens with two attached hydrogens (primary N) is 1. The first kappa shape index (κ1) is 13.1. The number of hydrogen-bond donors (Lipinski definition) is 1. The standard InChI is InChI=1S/C17H26N2/c1-13-5-3-10-17(18,11-9-13)15-8-2-6-14-7-4-12-19-16(14)15/h4,7,12-13,15H,2-3,5-6,8-11,18H2,1H3. The second-order valence-electron chi connectivity index (χ2n) is 6.76. The first-order valence-electron chi connectivity index (χ1n) is 7.92. The van der Waals surface area contributed by atoms with Crippen LogP contribution in [0.1, 0.15) is 69.0 Å². The van der Waals surface area contributed by atoms with Gasteiger partial charge in [0.2, 0.25) is 0 Å². The van der Waals surface area contributed by atoms with Crippen molar-refractivity contribution in [1.29, 1.82) is 0 Å². The van der Waals surface area contributed by atoms with Crippen LogP contribution in [0.4, 0.5) is 0 Å². The summed E-state index contributed by atoms with van der Waals surface area (Å²) in [6.07, 6.45) is 11.9. The summed E-state index contributed by atoms with van der Waals surface area (Å²) < 4.78 is 0. The molecule has 0 bridgehead atoms. The Morgan fingerprint density at radius 2 is 2.11 bits per heavy atom. The highest BCUT2D eigenvalue weighted by Gasteiger charge is 2.39. The van der Waals surface area contributed by atoms with Gasteiger partial charge in [-0.1, -0.05) is 25.8 Å². The lowest BCUT2D eigenvalue weighted by atomic mass is 9.70. The largest absolute Gasteiger partial charge is 0.324 e. The molecule has 19 heavy (non-hydrogen) atoms. The molecule has 0 spiro atoms. The molecule has 2 heteroatoms. The Kier molecular flexibility index (Phi) is 3.62. The van der Waals surface area contributed by atoms with Crippen molar-refractivity contribution in [2.75, 3.05) is 0 Å². The number of pyridine rings is 1. The van der Waals surface area contributed by atoms with Gasteiger partial charge in [0.1, 0.15) is 0 Å². The van der Waals surface area contributed by atoms with E-state index < -0.39 is 0 Å². The van der Waals surface area contributed by atoms with Crippen LogP contribution >= 0.6 is 0 Å². The number of nitrogens with zero attached hydrogens (tertiary/aromatic N) is 1. The third-order valence-electron chi connectivity index (χ3n) is 5.33. The van der Waals surface area contributed by atoms with Crippen LogP contribution < -0.4 is 5.73 Å². The van der Waals surface area contributed by atoms with E-state index in [-0.39, 0.29) is 5.54 Å². The molecule has 1 aromatic rings. The van der Waals surface area contributed by atoms with Crippen LogP contribution in [0.5, 0.6) is 0 Å². The van der Waals surface area contributed by atoms with E-state index in [1.54, 1.807) is 0 Å². The minimum Gasteiger partial charge on any atom is -0.324 e. The second-order valence-corrected chi connectivity index (χ2v) is 6.76. The molecule has 3 atom stereocenters. The summed E-state index contributed by atoms with van der Waals surface area (Å²) in [6.45, 7) is 2.37. The van der Waals surface area contributed by atoms with Gasteiger partial charge >= 0.3 is 0 Å². The summed E-state index contributed by atoms with van der Waals surface area (Å²) in [5.41, 5.74) is 9.62. The van der Waals surface area contributed by atoms with Gasteiger partial charge in [-0.2, -0.15) is 0 Å². The molecule has 0 saturated heterocycles. The summed E-state index contributed by atoms with van der Waals surface area (Å²) in [7, 11) is 0. The number of aromatic nitrogens is 1. The van der Waals surface area contributed by atoms with E-state index in [1.165, 1.54) is 62.6 Å². The molecule has 1 heterocycles. The van der Waals surface area contributed by atoms with Crippen molar-refractivity contribution in [3.8, 4) is 0 Å². The van der Waals surface area contributed by atoms with Crippen molar-refractivity contribution in [2.24, 2.45) is 11.7 Å². The van der Waals surface area contributed by atoms with Crippen molar-refractivity contribution in [2.45, 2.75) is 69.7 Å². The lowest BCUT2D eigenvalue weighted by Gasteiger charge is -2.39. The van der Waals surface area contributed by atoms with E-state index in [9.17, 15) is 0 Å². The van der Waals surface area contributed by atoms with Crippen LogP contribution in [0.3, 0.4) is 0 Å². The van der Waals surface area contributed by atoms with E-state index in [0.717, 1.165) is 5.92 Å². The first-order valence-corrected chi connectivity index (χ1v) is 7.92. The zero-order chi connectivity index (χ0) is 13.3. The second kappa shape index (κ2) is 5.24. The van der Waals surface area contributed by atoms with Gasteiger partial charge < -0.3 is 5.73 Å². The monoisotopic (exact) mass is 258 g/mol. The highest BCUT2D eigenvalue weighted by molar-refractivity contribution is 5.29. The Hall–Kier alpha value is -0.890. The quantitative estimate of drug-likeness (QED) is 0.778. The van der Waals surface area contributed by atoms with E-state index in [4.69, 9.17) is 10.7 Å². The van der Waals surface area contributed by atoms with Crippen LogP contribution in [-0.2, 0) is 6.42 Å². The Morgan fingerprint density at radius 3 is 3.00 bits per heavy atom. The molecule has 2 aliphatic carbocycles. The topological polar surface area (TPSA) is 38.9 Å². The molecule has 1 aromatic heterocycles. The zero-order valence-electron chi connectivity index (χ0n) is 12.1. The van der Waals surface area contributed by atoms with E-state index in [1.807, 2.05) is 6.20 Å². The summed E-state index contributed by atoms with van der Waals surface area (Å²) in [4.78, 5) is 4.69.